The van der Waals surface area contributed by atoms with Gasteiger partial charge in [-0.2, -0.15) is 0 Å². The SMILES string of the molecule is C=Cc1coc2c1NC(C(=O)OCC)C2. The Morgan fingerprint density at radius 2 is 2.67 bits per heavy atom. The largest absolute Gasteiger partial charge is 0.466 e. The van der Waals surface area contributed by atoms with Crippen LogP contribution >= 0.6 is 0 Å². The quantitative estimate of drug-likeness (QED) is 0.768. The molecule has 1 unspecified atom stereocenters. The van der Waals surface area contributed by atoms with E-state index in [0.29, 0.717) is 13.0 Å². The predicted molar refractivity (Wildman–Crippen MR) is 56.5 cm³/mol. The van der Waals surface area contributed by atoms with Crippen molar-refractivity contribution in [1.82, 2.24) is 0 Å². The topological polar surface area (TPSA) is 51.5 Å². The number of carbonyl (C=O) groups is 1. The Bertz CT molecular complexity index is 395. The summed E-state index contributed by atoms with van der Waals surface area (Å²) in [6, 6.07) is -0.321. The number of carbonyl (C=O) groups excluding carboxylic acids is 1. The molecule has 1 aliphatic heterocycles. The molecule has 80 valence electrons. The molecule has 1 atom stereocenters. The second-order valence-corrected chi connectivity index (χ2v) is 3.35. The third kappa shape index (κ3) is 1.63. The highest BCUT2D eigenvalue weighted by Crippen LogP contribution is 2.32. The van der Waals surface area contributed by atoms with E-state index in [0.717, 1.165) is 17.0 Å². The van der Waals surface area contributed by atoms with Crippen molar-refractivity contribution < 1.29 is 13.9 Å². The molecule has 0 spiro atoms. The Balaban J connectivity index is 2.12. The van der Waals surface area contributed by atoms with Crippen molar-refractivity contribution in [2.45, 2.75) is 19.4 Å². The molecular weight excluding hydrogens is 194 g/mol. The molecule has 0 saturated heterocycles. The van der Waals surface area contributed by atoms with Gasteiger partial charge in [0, 0.05) is 12.0 Å². The van der Waals surface area contributed by atoms with Crippen molar-refractivity contribution in [3.05, 3.63) is 24.2 Å². The zero-order chi connectivity index (χ0) is 10.8. The molecule has 2 rings (SSSR count). The van der Waals surface area contributed by atoms with E-state index in [9.17, 15) is 4.79 Å². The lowest BCUT2D eigenvalue weighted by Gasteiger charge is -2.09. The average Bonchev–Trinajstić information content (AvgIpc) is 2.76. The smallest absolute Gasteiger partial charge is 0.329 e. The number of anilines is 1. The van der Waals surface area contributed by atoms with Gasteiger partial charge in [0.2, 0.25) is 0 Å². The molecular formula is C11H13NO3. The summed E-state index contributed by atoms with van der Waals surface area (Å²) >= 11 is 0. The zero-order valence-corrected chi connectivity index (χ0v) is 8.58. The van der Waals surface area contributed by atoms with E-state index < -0.39 is 0 Å². The van der Waals surface area contributed by atoms with Gasteiger partial charge in [-0.1, -0.05) is 12.7 Å². The van der Waals surface area contributed by atoms with Gasteiger partial charge in [-0.3, -0.25) is 0 Å². The van der Waals surface area contributed by atoms with Gasteiger partial charge in [-0.15, -0.1) is 0 Å². The summed E-state index contributed by atoms with van der Waals surface area (Å²) in [7, 11) is 0. The molecule has 0 saturated carbocycles. The summed E-state index contributed by atoms with van der Waals surface area (Å²) in [6.07, 6.45) is 3.87. The van der Waals surface area contributed by atoms with Crippen LogP contribution in [0.25, 0.3) is 6.08 Å². The van der Waals surface area contributed by atoms with Crippen LogP contribution < -0.4 is 5.32 Å². The summed E-state index contributed by atoms with van der Waals surface area (Å²) in [5.74, 6) is 0.557. The van der Waals surface area contributed by atoms with E-state index in [4.69, 9.17) is 9.15 Å². The summed E-state index contributed by atoms with van der Waals surface area (Å²) < 4.78 is 10.2. The van der Waals surface area contributed by atoms with Crippen molar-refractivity contribution in [3.63, 3.8) is 0 Å². The molecule has 1 aromatic rings. The molecule has 0 radical (unpaired) electrons. The Morgan fingerprint density at radius 1 is 1.87 bits per heavy atom. The zero-order valence-electron chi connectivity index (χ0n) is 8.58. The number of fused-ring (bicyclic) bond motifs is 1. The summed E-state index contributed by atoms with van der Waals surface area (Å²) in [5, 5.41) is 3.08. The van der Waals surface area contributed by atoms with E-state index in [-0.39, 0.29) is 12.0 Å². The minimum atomic E-state index is -0.321. The molecule has 0 amide bonds. The van der Waals surface area contributed by atoms with Gasteiger partial charge in [-0.25, -0.2) is 4.79 Å². The molecule has 1 aromatic heterocycles. The Morgan fingerprint density at radius 3 is 3.33 bits per heavy atom. The van der Waals surface area contributed by atoms with Crippen molar-refractivity contribution in [1.29, 1.82) is 0 Å². The van der Waals surface area contributed by atoms with Crippen molar-refractivity contribution in [3.8, 4) is 0 Å². The molecule has 4 nitrogen and oxygen atoms in total. The van der Waals surface area contributed by atoms with E-state index in [1.54, 1.807) is 19.3 Å². The second kappa shape index (κ2) is 3.81. The second-order valence-electron chi connectivity index (χ2n) is 3.35. The monoisotopic (exact) mass is 207 g/mol. The van der Waals surface area contributed by atoms with E-state index >= 15 is 0 Å². The van der Waals surface area contributed by atoms with Gasteiger partial charge in [0.15, 0.2) is 0 Å². The number of ether oxygens (including phenoxy) is 1. The molecule has 0 aromatic carbocycles. The molecule has 1 N–H and O–H groups in total. The first-order valence-corrected chi connectivity index (χ1v) is 4.92. The maximum absolute atomic E-state index is 11.5. The average molecular weight is 207 g/mol. The third-order valence-corrected chi connectivity index (χ3v) is 2.39. The predicted octanol–water partition coefficient (Wildman–Crippen LogP) is 1.82. The van der Waals surface area contributed by atoms with Crippen LogP contribution in [0, 0.1) is 0 Å². The molecule has 1 aliphatic rings. The van der Waals surface area contributed by atoms with Crippen LogP contribution in [0.1, 0.15) is 18.2 Å². The van der Waals surface area contributed by atoms with Crippen LogP contribution in [-0.4, -0.2) is 18.6 Å². The van der Waals surface area contributed by atoms with Crippen LogP contribution in [0.15, 0.2) is 17.3 Å². The highest BCUT2D eigenvalue weighted by Gasteiger charge is 2.31. The first-order chi connectivity index (χ1) is 7.26. The van der Waals surface area contributed by atoms with Gasteiger partial charge in [-0.05, 0) is 6.92 Å². The minimum absolute atomic E-state index is 0.237. The third-order valence-electron chi connectivity index (χ3n) is 2.39. The van der Waals surface area contributed by atoms with E-state index in [1.807, 2.05) is 0 Å². The summed E-state index contributed by atoms with van der Waals surface area (Å²) in [5.41, 5.74) is 1.75. The van der Waals surface area contributed by atoms with Gasteiger partial charge >= 0.3 is 5.97 Å². The fraction of sp³-hybridized carbons (Fsp3) is 0.364. The first-order valence-electron chi connectivity index (χ1n) is 4.92. The normalized spacial score (nSPS) is 18.1. The lowest BCUT2D eigenvalue weighted by molar-refractivity contribution is -0.143. The van der Waals surface area contributed by atoms with Crippen molar-refractivity contribution in [2.75, 3.05) is 11.9 Å². The maximum Gasteiger partial charge on any atom is 0.329 e. The molecule has 4 heteroatoms. The Hall–Kier alpha value is -1.71. The van der Waals surface area contributed by atoms with Gasteiger partial charge in [0.05, 0.1) is 12.3 Å². The number of nitrogens with one attached hydrogen (secondary N) is 1. The fourth-order valence-electron chi connectivity index (χ4n) is 1.67. The number of hydrogen-bond donors (Lipinski definition) is 1. The molecule has 2 heterocycles. The molecule has 15 heavy (non-hydrogen) atoms. The number of rotatable bonds is 3. The number of hydrogen-bond acceptors (Lipinski definition) is 4. The molecule has 0 aliphatic carbocycles. The first kappa shape index (κ1) is 9.83. The fourth-order valence-corrected chi connectivity index (χ4v) is 1.67. The highest BCUT2D eigenvalue weighted by atomic mass is 16.5. The number of esters is 1. The summed E-state index contributed by atoms with van der Waals surface area (Å²) in [6.45, 7) is 5.86. The number of furan rings is 1. The van der Waals surface area contributed by atoms with Crippen LogP contribution in [0.3, 0.4) is 0 Å². The van der Waals surface area contributed by atoms with Crippen LogP contribution in [-0.2, 0) is 16.0 Å². The van der Waals surface area contributed by atoms with Crippen LogP contribution in [0.2, 0.25) is 0 Å². The van der Waals surface area contributed by atoms with E-state index in [1.165, 1.54) is 0 Å². The maximum atomic E-state index is 11.5. The highest BCUT2D eigenvalue weighted by molar-refractivity contribution is 5.84. The van der Waals surface area contributed by atoms with Gasteiger partial charge in [0.1, 0.15) is 18.1 Å². The Kier molecular flexibility index (Phi) is 2.49. The van der Waals surface area contributed by atoms with Crippen LogP contribution in [0.5, 0.6) is 0 Å². The Labute approximate surface area is 87.9 Å². The van der Waals surface area contributed by atoms with Crippen molar-refractivity contribution >= 4 is 17.7 Å². The van der Waals surface area contributed by atoms with E-state index in [2.05, 4.69) is 11.9 Å². The van der Waals surface area contributed by atoms with Crippen LogP contribution in [0.4, 0.5) is 5.69 Å². The lowest BCUT2D eigenvalue weighted by Crippen LogP contribution is -2.29. The molecule has 0 bridgehead atoms. The molecule has 0 fully saturated rings. The standard InChI is InChI=1S/C11H13NO3/c1-3-7-6-15-9-5-8(12-10(7)9)11(13)14-4-2/h3,6,8,12H,1,4-5H2,2H3. The summed E-state index contributed by atoms with van der Waals surface area (Å²) in [4.78, 5) is 11.5. The minimum Gasteiger partial charge on any atom is -0.466 e. The van der Waals surface area contributed by atoms with Crippen molar-refractivity contribution in [2.24, 2.45) is 0 Å². The van der Waals surface area contributed by atoms with Gasteiger partial charge in [0.25, 0.3) is 0 Å². The lowest BCUT2D eigenvalue weighted by atomic mass is 10.2. The van der Waals surface area contributed by atoms with Gasteiger partial charge < -0.3 is 14.5 Å².